The van der Waals surface area contributed by atoms with Crippen molar-refractivity contribution >= 4 is 57.7 Å². The van der Waals surface area contributed by atoms with Crippen LogP contribution in [0.2, 0.25) is 10.0 Å². The first-order valence-electron chi connectivity index (χ1n) is 14.9. The maximum atomic E-state index is 14.0. The molecule has 234 valence electrons. The van der Waals surface area contributed by atoms with Crippen molar-refractivity contribution in [1.82, 2.24) is 25.0 Å². The van der Waals surface area contributed by atoms with E-state index >= 15 is 0 Å². The number of pyridine rings is 1. The van der Waals surface area contributed by atoms with Crippen LogP contribution in [0.25, 0.3) is 0 Å². The zero-order chi connectivity index (χ0) is 30.6. The van der Waals surface area contributed by atoms with Crippen LogP contribution < -0.4 is 10.1 Å². The number of likely N-dealkylation sites (tertiary alicyclic amines) is 2. The molecule has 4 heterocycles. The van der Waals surface area contributed by atoms with Crippen LogP contribution in [-0.2, 0) is 16.0 Å². The lowest BCUT2D eigenvalue weighted by Crippen LogP contribution is -2.57. The van der Waals surface area contributed by atoms with Crippen molar-refractivity contribution in [3.63, 3.8) is 0 Å². The summed E-state index contributed by atoms with van der Waals surface area (Å²) in [6.45, 7) is 4.56. The normalized spacial score (nSPS) is 20.0. The Labute approximate surface area is 277 Å². The first-order valence-corrected chi connectivity index (χ1v) is 16.9. The number of likely N-dealkylation sites (N-methyl/N-ethyl adjacent to an activating group) is 1. The molecule has 0 unspecified atom stereocenters. The molecule has 0 bridgehead atoms. The Hall–Kier alpha value is -1.86. The van der Waals surface area contributed by atoms with Crippen LogP contribution in [0.3, 0.4) is 0 Å². The standard InChI is InChI=1S/C31H40Cl2IN5O4/c1-37(2)27(34)18-43-26-4-3-11-35-28(26)21-7-12-38(13-8-21)29(40)25(16-22-5-6-23(32)17-24(22)33)36-30(41)39-14-9-31(10-15-39)19-42-20-31/h3-6,11,17,21,25,27H,7-10,12-16,18-20H2,1-2H3,(H,36,41)/t25-,27+/m1/s1. The Morgan fingerprint density at radius 2 is 1.86 bits per heavy atom. The molecule has 43 heavy (non-hydrogen) atoms. The minimum absolute atomic E-state index is 0.102. The van der Waals surface area contributed by atoms with Crippen LogP contribution >= 0.6 is 45.8 Å². The number of benzene rings is 1. The number of hydrogen-bond donors (Lipinski definition) is 1. The van der Waals surface area contributed by atoms with Crippen molar-refractivity contribution < 1.29 is 19.1 Å². The van der Waals surface area contributed by atoms with Gasteiger partial charge in [-0.3, -0.25) is 14.7 Å². The summed E-state index contributed by atoms with van der Waals surface area (Å²) < 4.78 is 11.8. The lowest BCUT2D eigenvalue weighted by Gasteiger charge is -2.47. The molecule has 1 spiro atoms. The van der Waals surface area contributed by atoms with Crippen LogP contribution in [-0.4, -0.2) is 102 Å². The number of carbonyl (C=O) groups is 2. The van der Waals surface area contributed by atoms with Gasteiger partial charge in [-0.05, 0) is 69.6 Å². The molecule has 9 nitrogen and oxygen atoms in total. The van der Waals surface area contributed by atoms with E-state index in [4.69, 9.17) is 32.7 Å². The molecule has 2 aromatic rings. The Morgan fingerprint density at radius 3 is 2.49 bits per heavy atom. The van der Waals surface area contributed by atoms with Gasteiger partial charge in [-0.15, -0.1) is 0 Å². The molecule has 3 fully saturated rings. The minimum Gasteiger partial charge on any atom is -0.489 e. The van der Waals surface area contributed by atoms with Gasteiger partial charge in [0.15, 0.2) is 0 Å². The van der Waals surface area contributed by atoms with Gasteiger partial charge in [-0.1, -0.05) is 51.9 Å². The number of nitrogens with one attached hydrogen (secondary N) is 1. The predicted molar refractivity (Wildman–Crippen MR) is 176 cm³/mol. The Balaban J connectivity index is 1.24. The predicted octanol–water partition coefficient (Wildman–Crippen LogP) is 5.23. The second kappa shape index (κ2) is 14.5. The number of halogens is 3. The van der Waals surface area contributed by atoms with E-state index in [1.807, 2.05) is 42.1 Å². The van der Waals surface area contributed by atoms with Gasteiger partial charge in [0.05, 0.1) is 23.0 Å². The largest absolute Gasteiger partial charge is 0.489 e. The number of nitrogens with zero attached hydrogens (tertiary/aromatic N) is 4. The zero-order valence-corrected chi connectivity index (χ0v) is 28.4. The van der Waals surface area contributed by atoms with Crippen LogP contribution in [0.5, 0.6) is 5.75 Å². The number of alkyl halides is 1. The molecule has 1 aromatic heterocycles. The van der Waals surface area contributed by atoms with Crippen LogP contribution in [0, 0.1) is 5.41 Å². The van der Waals surface area contributed by atoms with E-state index in [0.717, 1.165) is 55.9 Å². The van der Waals surface area contributed by atoms with E-state index < -0.39 is 6.04 Å². The number of hydrogen-bond acceptors (Lipinski definition) is 6. The summed E-state index contributed by atoms with van der Waals surface area (Å²) in [5.74, 6) is 0.882. The van der Waals surface area contributed by atoms with Crippen molar-refractivity contribution in [2.24, 2.45) is 5.41 Å². The van der Waals surface area contributed by atoms with Gasteiger partial charge in [0.2, 0.25) is 5.91 Å². The Kier molecular flexibility index (Phi) is 11.0. The fraction of sp³-hybridized carbons (Fsp3) is 0.581. The molecule has 3 amide bonds. The van der Waals surface area contributed by atoms with Gasteiger partial charge < -0.3 is 24.6 Å². The molecular formula is C31H40Cl2IN5O4. The summed E-state index contributed by atoms with van der Waals surface area (Å²) in [7, 11) is 4.06. The van der Waals surface area contributed by atoms with Crippen LogP contribution in [0.4, 0.5) is 4.79 Å². The van der Waals surface area contributed by atoms with Gasteiger partial charge in [-0.25, -0.2) is 4.79 Å². The van der Waals surface area contributed by atoms with Gasteiger partial charge in [0, 0.05) is 60.2 Å². The number of aromatic nitrogens is 1. The molecule has 1 aromatic carbocycles. The summed E-state index contributed by atoms with van der Waals surface area (Å²) in [6.07, 6.45) is 5.45. The number of rotatable bonds is 9. The van der Waals surface area contributed by atoms with E-state index in [-0.39, 0.29) is 33.7 Å². The Bertz CT molecular complexity index is 1280. The lowest BCUT2D eigenvalue weighted by molar-refractivity contribution is -0.136. The fourth-order valence-electron chi connectivity index (χ4n) is 5.94. The van der Waals surface area contributed by atoms with Crippen LogP contribution in [0.15, 0.2) is 36.5 Å². The zero-order valence-electron chi connectivity index (χ0n) is 24.7. The molecular weight excluding hydrogens is 704 g/mol. The average molecular weight is 745 g/mol. The summed E-state index contributed by atoms with van der Waals surface area (Å²) >= 11 is 15.0. The van der Waals surface area contributed by atoms with Crippen LogP contribution in [0.1, 0.15) is 42.9 Å². The van der Waals surface area contributed by atoms with E-state index in [1.54, 1.807) is 18.3 Å². The second-order valence-electron chi connectivity index (χ2n) is 12.1. The van der Waals surface area contributed by atoms with E-state index in [2.05, 4.69) is 37.8 Å². The SMILES string of the molecule is CN(C)[C@H](I)COc1cccnc1C1CCN(C(=O)[C@@H](Cc2ccc(Cl)cc2Cl)NC(=O)N2CCC3(CC2)COC3)CC1. The molecule has 3 aliphatic rings. The molecule has 12 heteroatoms. The highest BCUT2D eigenvalue weighted by molar-refractivity contribution is 14.1. The molecule has 0 radical (unpaired) electrons. The monoisotopic (exact) mass is 743 g/mol. The minimum atomic E-state index is -0.744. The first kappa shape index (κ1) is 32.5. The Morgan fingerprint density at radius 1 is 1.14 bits per heavy atom. The van der Waals surface area contributed by atoms with Crippen molar-refractivity contribution in [2.75, 3.05) is 60.1 Å². The van der Waals surface area contributed by atoms with Gasteiger partial charge >= 0.3 is 6.03 Å². The fourth-order valence-corrected chi connectivity index (χ4v) is 6.61. The number of ether oxygens (including phenoxy) is 2. The number of amides is 3. The molecule has 3 saturated heterocycles. The summed E-state index contributed by atoms with van der Waals surface area (Å²) in [5.41, 5.74) is 1.93. The highest BCUT2D eigenvalue weighted by atomic mass is 127. The highest BCUT2D eigenvalue weighted by Crippen LogP contribution is 2.38. The van der Waals surface area contributed by atoms with Crippen molar-refractivity contribution in [1.29, 1.82) is 0 Å². The summed E-state index contributed by atoms with van der Waals surface area (Å²) in [4.78, 5) is 37.8. The van der Waals surface area contributed by atoms with Gasteiger partial charge in [0.25, 0.3) is 0 Å². The van der Waals surface area contributed by atoms with Crippen molar-refractivity contribution in [3.05, 3.63) is 57.8 Å². The third kappa shape index (κ3) is 8.06. The van der Waals surface area contributed by atoms with Crippen molar-refractivity contribution in [2.45, 2.75) is 48.1 Å². The topological polar surface area (TPSA) is 87.2 Å². The maximum absolute atomic E-state index is 14.0. The summed E-state index contributed by atoms with van der Waals surface area (Å²) in [5, 5.41) is 4.07. The molecule has 3 aliphatic heterocycles. The summed E-state index contributed by atoms with van der Waals surface area (Å²) in [6, 6.07) is 8.16. The quantitative estimate of drug-likeness (QED) is 0.215. The van der Waals surface area contributed by atoms with Gasteiger partial charge in [0.1, 0.15) is 18.4 Å². The highest BCUT2D eigenvalue weighted by Gasteiger charge is 2.42. The lowest BCUT2D eigenvalue weighted by atomic mass is 9.77. The number of urea groups is 1. The number of piperidine rings is 2. The molecule has 0 aliphatic carbocycles. The maximum Gasteiger partial charge on any atom is 0.318 e. The second-order valence-corrected chi connectivity index (χ2v) is 14.4. The number of carbonyl (C=O) groups excluding carboxylic acids is 2. The average Bonchev–Trinajstić information content (AvgIpc) is 2.99. The smallest absolute Gasteiger partial charge is 0.318 e. The molecule has 5 rings (SSSR count). The third-order valence-corrected chi connectivity index (χ3v) is 11.0. The molecule has 0 saturated carbocycles. The van der Waals surface area contributed by atoms with E-state index in [1.165, 1.54) is 0 Å². The van der Waals surface area contributed by atoms with E-state index in [9.17, 15) is 9.59 Å². The molecule has 2 atom stereocenters. The molecule has 1 N–H and O–H groups in total. The third-order valence-electron chi connectivity index (χ3n) is 8.89. The van der Waals surface area contributed by atoms with Gasteiger partial charge in [-0.2, -0.15) is 0 Å². The van der Waals surface area contributed by atoms with E-state index in [0.29, 0.717) is 42.8 Å². The first-order chi connectivity index (χ1) is 20.6. The van der Waals surface area contributed by atoms with Crippen molar-refractivity contribution in [3.8, 4) is 5.75 Å².